The Morgan fingerprint density at radius 1 is 1.33 bits per heavy atom. The maximum Gasteiger partial charge on any atom is 0.315 e. The van der Waals surface area contributed by atoms with Crippen LogP contribution in [-0.4, -0.2) is 55.7 Å². The van der Waals surface area contributed by atoms with Gasteiger partial charge in [0, 0.05) is 35.8 Å². The van der Waals surface area contributed by atoms with E-state index in [1.807, 2.05) is 17.5 Å². The van der Waals surface area contributed by atoms with E-state index in [0.29, 0.717) is 15.7 Å². The van der Waals surface area contributed by atoms with Gasteiger partial charge in [0.05, 0.1) is 9.92 Å². The predicted molar refractivity (Wildman–Crippen MR) is 133 cm³/mol. The lowest BCUT2D eigenvalue weighted by atomic mass is 9.89. The van der Waals surface area contributed by atoms with Crippen LogP contribution in [0.25, 0.3) is 0 Å². The molecule has 12 heteroatoms. The van der Waals surface area contributed by atoms with Crippen molar-refractivity contribution in [2.75, 3.05) is 21.6 Å². The minimum Gasteiger partial charge on any atom is -0.460 e. The first kappa shape index (κ1) is 24.0. The van der Waals surface area contributed by atoms with Crippen LogP contribution in [0, 0.1) is 15.5 Å². The summed E-state index contributed by atoms with van der Waals surface area (Å²) in [6, 6.07) is 8.93. The van der Waals surface area contributed by atoms with Crippen LogP contribution in [0.15, 0.2) is 41.8 Å². The Morgan fingerprint density at radius 2 is 2.06 bits per heavy atom. The molecule has 2 fully saturated rings. The van der Waals surface area contributed by atoms with Crippen molar-refractivity contribution in [2.45, 2.75) is 24.9 Å². The molecule has 2 unspecified atom stereocenters. The third-order valence-electron chi connectivity index (χ3n) is 5.68. The number of non-ortho nitro benzene ring substituents is 1. The summed E-state index contributed by atoms with van der Waals surface area (Å²) in [6.45, 7) is 1.68. The summed E-state index contributed by atoms with van der Waals surface area (Å²) in [5, 5.41) is 13.2. The van der Waals surface area contributed by atoms with Gasteiger partial charge >= 0.3 is 5.97 Å². The summed E-state index contributed by atoms with van der Waals surface area (Å²) in [5.41, 5.74) is -0.240. The number of β-lactam (4-membered cyclic amide) rings is 1. The molecule has 1 aromatic heterocycles. The van der Waals surface area contributed by atoms with Gasteiger partial charge in [-0.25, -0.2) is 0 Å². The number of carbonyl (C=O) groups is 3. The number of halogens is 1. The van der Waals surface area contributed by atoms with Gasteiger partial charge in [-0.2, -0.15) is 0 Å². The molecule has 2 amide bonds. The number of carbonyl (C=O) groups excluding carboxylic acids is 3. The van der Waals surface area contributed by atoms with Crippen molar-refractivity contribution in [3.63, 3.8) is 0 Å². The lowest BCUT2D eigenvalue weighted by molar-refractivity contribution is -0.384. The molecule has 0 bridgehead atoms. The zero-order chi connectivity index (χ0) is 23.8. The Balaban J connectivity index is 1.43. The average molecular weight is 601 g/mol. The Labute approximate surface area is 211 Å². The lowest BCUT2D eigenvalue weighted by Crippen LogP contribution is -2.74. The molecule has 2 aromatic rings. The second-order valence-electron chi connectivity index (χ2n) is 7.87. The van der Waals surface area contributed by atoms with Gasteiger partial charge in [0.25, 0.3) is 5.69 Å². The Bertz CT molecular complexity index is 1080. The standard InChI is InChI=1S/C21H20IN3O6S2/c1-13(26)24(16-3-2-8-32-16)17-18(27)23-11-21(10-22,12-33-19(17)23)20(28)31-9-14-4-6-15(7-5-14)25(29)30/h2-8,17,19H,9-12H2,1H3/t17?,19-,21?/m1/s1. The molecule has 2 aliphatic rings. The SMILES string of the molecule is CC(=O)N(c1cccs1)C1C(=O)N2CC(CI)(C(=O)OCc3ccc([N+](=O)[O-])cc3)CS[C@H]12. The number of benzene rings is 1. The number of fused-ring (bicyclic) bond motifs is 1. The molecule has 174 valence electrons. The number of thiophene rings is 1. The van der Waals surface area contributed by atoms with Crippen LogP contribution in [0.3, 0.4) is 0 Å². The number of nitrogens with zero attached hydrogens (tertiary/aromatic N) is 3. The van der Waals surface area contributed by atoms with E-state index in [0.717, 1.165) is 5.00 Å². The monoisotopic (exact) mass is 601 g/mol. The van der Waals surface area contributed by atoms with Crippen molar-refractivity contribution in [2.24, 2.45) is 5.41 Å². The van der Waals surface area contributed by atoms with E-state index in [4.69, 9.17) is 4.74 Å². The second-order valence-corrected chi connectivity index (χ2v) is 10.7. The molecule has 1 aromatic carbocycles. The molecule has 4 rings (SSSR count). The van der Waals surface area contributed by atoms with E-state index in [1.165, 1.54) is 42.2 Å². The molecular weight excluding hydrogens is 581 g/mol. The molecular formula is C21H20IN3O6S2. The summed E-state index contributed by atoms with van der Waals surface area (Å²) in [6.07, 6.45) is 0. The zero-order valence-electron chi connectivity index (χ0n) is 17.5. The number of anilines is 1. The highest BCUT2D eigenvalue weighted by Crippen LogP contribution is 2.46. The number of esters is 1. The van der Waals surface area contributed by atoms with Gasteiger partial charge < -0.3 is 9.64 Å². The number of thioether (sulfide) groups is 1. The van der Waals surface area contributed by atoms with Crippen LogP contribution in [0.2, 0.25) is 0 Å². The average Bonchev–Trinajstić information content (AvgIpc) is 3.34. The zero-order valence-corrected chi connectivity index (χ0v) is 21.3. The van der Waals surface area contributed by atoms with Crippen molar-refractivity contribution in [1.82, 2.24) is 4.90 Å². The van der Waals surface area contributed by atoms with Crippen molar-refractivity contribution >= 4 is 74.2 Å². The number of hydrogen-bond acceptors (Lipinski definition) is 8. The highest BCUT2D eigenvalue weighted by molar-refractivity contribution is 14.1. The lowest BCUT2D eigenvalue weighted by Gasteiger charge is -2.56. The quantitative estimate of drug-likeness (QED) is 0.119. The summed E-state index contributed by atoms with van der Waals surface area (Å²) in [7, 11) is 0. The molecule has 3 atom stereocenters. The van der Waals surface area contributed by atoms with Gasteiger partial charge in [0.1, 0.15) is 23.4 Å². The molecule has 3 heterocycles. The van der Waals surface area contributed by atoms with Crippen LogP contribution in [-0.2, 0) is 25.7 Å². The molecule has 0 spiro atoms. The third-order valence-corrected chi connectivity index (χ3v) is 9.58. The summed E-state index contributed by atoms with van der Waals surface area (Å²) < 4.78 is 6.02. The first-order valence-electron chi connectivity index (χ1n) is 9.99. The Kier molecular flexibility index (Phi) is 6.96. The number of rotatable bonds is 7. The highest BCUT2D eigenvalue weighted by Gasteiger charge is 2.59. The van der Waals surface area contributed by atoms with E-state index in [1.54, 1.807) is 21.9 Å². The summed E-state index contributed by atoms with van der Waals surface area (Å²) in [5.74, 6) is -0.299. The fourth-order valence-electron chi connectivity index (χ4n) is 3.88. The largest absolute Gasteiger partial charge is 0.460 e. The number of nitro groups is 1. The smallest absolute Gasteiger partial charge is 0.315 e. The minimum absolute atomic E-state index is 0.00359. The van der Waals surface area contributed by atoms with Crippen LogP contribution in [0.5, 0.6) is 0 Å². The van der Waals surface area contributed by atoms with E-state index in [2.05, 4.69) is 22.6 Å². The van der Waals surface area contributed by atoms with Crippen molar-refractivity contribution < 1.29 is 24.0 Å². The molecule has 2 aliphatic heterocycles. The third kappa shape index (κ3) is 4.47. The maximum absolute atomic E-state index is 13.0. The maximum atomic E-state index is 13.0. The molecule has 0 aliphatic carbocycles. The minimum atomic E-state index is -0.854. The van der Waals surface area contributed by atoms with Gasteiger partial charge in [0.15, 0.2) is 0 Å². The van der Waals surface area contributed by atoms with Gasteiger partial charge in [-0.05, 0) is 35.2 Å². The molecule has 0 saturated carbocycles. The number of ether oxygens (including phenoxy) is 1. The molecule has 2 saturated heterocycles. The van der Waals surface area contributed by atoms with Gasteiger partial charge in [-0.1, -0.05) is 22.6 Å². The first-order valence-corrected chi connectivity index (χ1v) is 13.4. The van der Waals surface area contributed by atoms with Crippen molar-refractivity contribution in [1.29, 1.82) is 0 Å². The van der Waals surface area contributed by atoms with E-state index in [9.17, 15) is 24.5 Å². The summed E-state index contributed by atoms with van der Waals surface area (Å²) >= 11 is 5.03. The molecule has 9 nitrogen and oxygen atoms in total. The number of nitro benzene ring substituents is 1. The first-order chi connectivity index (χ1) is 15.8. The highest BCUT2D eigenvalue weighted by atomic mass is 127. The molecule has 0 N–H and O–H groups in total. The van der Waals surface area contributed by atoms with E-state index >= 15 is 0 Å². The Hall–Kier alpha value is -2.19. The van der Waals surface area contributed by atoms with Crippen LogP contribution < -0.4 is 4.90 Å². The van der Waals surface area contributed by atoms with Crippen molar-refractivity contribution in [3.8, 4) is 0 Å². The van der Waals surface area contributed by atoms with Crippen LogP contribution in [0.4, 0.5) is 10.7 Å². The normalized spacial score (nSPS) is 23.9. The summed E-state index contributed by atoms with van der Waals surface area (Å²) in [4.78, 5) is 51.9. The van der Waals surface area contributed by atoms with E-state index < -0.39 is 22.3 Å². The number of hydrogen-bond donors (Lipinski definition) is 0. The topological polar surface area (TPSA) is 110 Å². The second kappa shape index (κ2) is 9.58. The van der Waals surface area contributed by atoms with Gasteiger partial charge in [-0.15, -0.1) is 23.1 Å². The van der Waals surface area contributed by atoms with Gasteiger partial charge in [-0.3, -0.25) is 29.4 Å². The predicted octanol–water partition coefficient (Wildman–Crippen LogP) is 3.46. The van der Waals surface area contributed by atoms with Crippen molar-refractivity contribution in [3.05, 3.63) is 57.5 Å². The fourth-order valence-corrected chi connectivity index (χ4v) is 7.46. The van der Waals surface area contributed by atoms with Crippen LogP contribution >= 0.6 is 45.7 Å². The van der Waals surface area contributed by atoms with E-state index in [-0.39, 0.29) is 36.0 Å². The fraction of sp³-hybridized carbons (Fsp3) is 0.381. The molecule has 0 radical (unpaired) electrons. The van der Waals surface area contributed by atoms with Crippen LogP contribution in [0.1, 0.15) is 12.5 Å². The molecule has 33 heavy (non-hydrogen) atoms. The van der Waals surface area contributed by atoms with Gasteiger partial charge in [0.2, 0.25) is 11.8 Å². The number of amides is 2. The number of alkyl halides is 1. The Morgan fingerprint density at radius 3 is 2.64 bits per heavy atom.